The Morgan fingerprint density at radius 2 is 2.24 bits per heavy atom. The topological polar surface area (TPSA) is 77.5 Å². The molecule has 1 atom stereocenters. The Labute approximate surface area is 123 Å². The molecule has 110 valence electrons. The second-order valence-electron chi connectivity index (χ2n) is 4.99. The van der Waals surface area contributed by atoms with E-state index in [1.54, 1.807) is 18.4 Å². The number of ether oxygens (including phenoxy) is 1. The first-order valence-electron chi connectivity index (χ1n) is 7.07. The fraction of sp³-hybridized carbons (Fsp3) is 0.312. The van der Waals surface area contributed by atoms with Crippen LogP contribution in [0.4, 0.5) is 0 Å². The summed E-state index contributed by atoms with van der Waals surface area (Å²) in [7, 11) is 0. The monoisotopic (exact) mass is 286 g/mol. The molecule has 3 N–H and O–H groups in total. The van der Waals surface area contributed by atoms with E-state index in [1.807, 2.05) is 19.1 Å². The van der Waals surface area contributed by atoms with Crippen LogP contribution in [0.2, 0.25) is 0 Å². The van der Waals surface area contributed by atoms with E-state index < -0.39 is 0 Å². The molecule has 21 heavy (non-hydrogen) atoms. The lowest BCUT2D eigenvalue weighted by molar-refractivity contribution is 0.0957. The molecule has 2 aromatic rings. The Morgan fingerprint density at radius 1 is 1.38 bits per heavy atom. The van der Waals surface area contributed by atoms with Gasteiger partial charge in [0, 0.05) is 12.0 Å². The van der Waals surface area contributed by atoms with E-state index in [2.05, 4.69) is 5.32 Å². The van der Waals surface area contributed by atoms with Crippen molar-refractivity contribution < 1.29 is 13.9 Å². The molecule has 2 heterocycles. The summed E-state index contributed by atoms with van der Waals surface area (Å²) in [5, 5.41) is 2.80. The second-order valence-corrected chi connectivity index (χ2v) is 4.99. The van der Waals surface area contributed by atoms with Crippen LogP contribution >= 0.6 is 0 Å². The molecule has 0 bridgehead atoms. The van der Waals surface area contributed by atoms with Gasteiger partial charge in [0.05, 0.1) is 24.4 Å². The lowest BCUT2D eigenvalue weighted by atomic mass is 9.97. The average Bonchev–Trinajstić information content (AvgIpc) is 2.91. The lowest BCUT2D eigenvalue weighted by Crippen LogP contribution is -2.24. The van der Waals surface area contributed by atoms with E-state index in [4.69, 9.17) is 14.9 Å². The minimum Gasteiger partial charge on any atom is -0.491 e. The minimum absolute atomic E-state index is 0.126. The van der Waals surface area contributed by atoms with Crippen LogP contribution in [0.15, 0.2) is 34.9 Å². The van der Waals surface area contributed by atoms with Crippen molar-refractivity contribution in [3.05, 3.63) is 53.0 Å². The summed E-state index contributed by atoms with van der Waals surface area (Å²) >= 11 is 0. The molecule has 0 spiro atoms. The normalized spacial score (nSPS) is 15.6. The maximum atomic E-state index is 12.0. The number of fused-ring (bicyclic) bond motifs is 1. The third kappa shape index (κ3) is 2.52. The SMILES string of the molecule is CCc1occc1C(N)c1ccc2c(c1)C(=O)NCCO2. The van der Waals surface area contributed by atoms with Crippen LogP contribution in [0.25, 0.3) is 0 Å². The van der Waals surface area contributed by atoms with Crippen molar-refractivity contribution in [2.75, 3.05) is 13.2 Å². The van der Waals surface area contributed by atoms with Crippen molar-refractivity contribution in [3.63, 3.8) is 0 Å². The number of amides is 1. The van der Waals surface area contributed by atoms with Crippen molar-refractivity contribution in [1.29, 1.82) is 0 Å². The summed E-state index contributed by atoms with van der Waals surface area (Å²) < 4.78 is 11.0. The number of carbonyl (C=O) groups is 1. The molecule has 5 nitrogen and oxygen atoms in total. The van der Waals surface area contributed by atoms with Gasteiger partial charge in [-0.3, -0.25) is 4.79 Å². The predicted octanol–water partition coefficient (Wildman–Crippen LogP) is 2.01. The average molecular weight is 286 g/mol. The highest BCUT2D eigenvalue weighted by atomic mass is 16.5. The molecule has 0 saturated heterocycles. The van der Waals surface area contributed by atoms with Gasteiger partial charge >= 0.3 is 0 Å². The van der Waals surface area contributed by atoms with Crippen molar-refractivity contribution in [1.82, 2.24) is 5.32 Å². The van der Waals surface area contributed by atoms with Gasteiger partial charge in [-0.05, 0) is 23.8 Å². The number of nitrogens with one attached hydrogen (secondary N) is 1. The second kappa shape index (κ2) is 5.61. The number of hydrogen-bond acceptors (Lipinski definition) is 4. The number of furan rings is 1. The Balaban J connectivity index is 1.98. The smallest absolute Gasteiger partial charge is 0.255 e. The molecule has 0 aliphatic carbocycles. The van der Waals surface area contributed by atoms with E-state index in [1.165, 1.54) is 0 Å². The minimum atomic E-state index is -0.319. The van der Waals surface area contributed by atoms with Gasteiger partial charge in [0.15, 0.2) is 0 Å². The summed E-state index contributed by atoms with van der Waals surface area (Å²) in [5.41, 5.74) is 8.67. The molecular weight excluding hydrogens is 268 g/mol. The van der Waals surface area contributed by atoms with Crippen LogP contribution in [0.3, 0.4) is 0 Å². The summed E-state index contributed by atoms with van der Waals surface area (Å²) in [6.07, 6.45) is 2.43. The zero-order valence-corrected chi connectivity index (χ0v) is 11.9. The van der Waals surface area contributed by atoms with Crippen LogP contribution in [0, 0.1) is 0 Å². The number of carbonyl (C=O) groups excluding carboxylic acids is 1. The molecule has 1 aliphatic heterocycles. The van der Waals surface area contributed by atoms with Gasteiger partial charge in [-0.25, -0.2) is 0 Å². The standard InChI is InChI=1S/C16H18N2O3/c1-2-13-11(5-7-20-13)15(17)10-3-4-14-12(9-10)16(19)18-6-8-21-14/h3-5,7,9,15H,2,6,8,17H2,1H3,(H,18,19). The molecule has 1 aromatic carbocycles. The number of rotatable bonds is 3. The van der Waals surface area contributed by atoms with E-state index in [9.17, 15) is 4.79 Å². The number of benzene rings is 1. The summed E-state index contributed by atoms with van der Waals surface area (Å²) in [5.74, 6) is 1.35. The Morgan fingerprint density at radius 3 is 3.05 bits per heavy atom. The third-order valence-corrected chi connectivity index (χ3v) is 3.69. The van der Waals surface area contributed by atoms with Gasteiger partial charge in [0.1, 0.15) is 18.1 Å². The Kier molecular flexibility index (Phi) is 3.66. The van der Waals surface area contributed by atoms with Crippen LogP contribution < -0.4 is 15.8 Å². The molecule has 3 rings (SSSR count). The zero-order chi connectivity index (χ0) is 14.8. The first kappa shape index (κ1) is 13.7. The molecule has 5 heteroatoms. The van der Waals surface area contributed by atoms with Gasteiger partial charge in [-0.1, -0.05) is 13.0 Å². The highest BCUT2D eigenvalue weighted by molar-refractivity contribution is 5.97. The van der Waals surface area contributed by atoms with Crippen LogP contribution in [0.1, 0.15) is 40.2 Å². The lowest BCUT2D eigenvalue weighted by Gasteiger charge is -2.14. The first-order valence-corrected chi connectivity index (χ1v) is 7.07. The molecule has 0 saturated carbocycles. The van der Waals surface area contributed by atoms with Gasteiger partial charge in [0.2, 0.25) is 0 Å². The maximum Gasteiger partial charge on any atom is 0.255 e. The number of nitrogens with two attached hydrogens (primary N) is 1. The third-order valence-electron chi connectivity index (χ3n) is 3.69. The van der Waals surface area contributed by atoms with Crippen LogP contribution in [-0.2, 0) is 6.42 Å². The van der Waals surface area contributed by atoms with E-state index >= 15 is 0 Å². The van der Waals surface area contributed by atoms with E-state index in [0.29, 0.717) is 24.5 Å². The van der Waals surface area contributed by atoms with Crippen molar-refractivity contribution >= 4 is 5.91 Å². The van der Waals surface area contributed by atoms with Gasteiger partial charge in [-0.2, -0.15) is 0 Å². The highest BCUT2D eigenvalue weighted by Crippen LogP contribution is 2.29. The zero-order valence-electron chi connectivity index (χ0n) is 11.9. The van der Waals surface area contributed by atoms with Gasteiger partial charge in [0.25, 0.3) is 5.91 Å². The fourth-order valence-electron chi connectivity index (χ4n) is 2.56. The largest absolute Gasteiger partial charge is 0.491 e. The Bertz CT molecular complexity index is 663. The summed E-state index contributed by atoms with van der Waals surface area (Å²) in [4.78, 5) is 12.0. The molecular formula is C16H18N2O3. The van der Waals surface area contributed by atoms with E-state index in [-0.39, 0.29) is 11.9 Å². The van der Waals surface area contributed by atoms with Crippen molar-refractivity contribution in [2.45, 2.75) is 19.4 Å². The molecule has 1 unspecified atom stereocenters. The predicted molar refractivity (Wildman–Crippen MR) is 78.4 cm³/mol. The molecule has 0 fully saturated rings. The summed E-state index contributed by atoms with van der Waals surface area (Å²) in [6.45, 7) is 3.01. The molecule has 0 radical (unpaired) electrons. The van der Waals surface area contributed by atoms with Crippen molar-refractivity contribution in [3.8, 4) is 5.75 Å². The first-order chi connectivity index (χ1) is 10.2. The van der Waals surface area contributed by atoms with E-state index in [0.717, 1.165) is 23.3 Å². The van der Waals surface area contributed by atoms with Crippen LogP contribution in [0.5, 0.6) is 5.75 Å². The van der Waals surface area contributed by atoms with Crippen molar-refractivity contribution in [2.24, 2.45) is 5.73 Å². The number of hydrogen-bond donors (Lipinski definition) is 2. The van der Waals surface area contributed by atoms with Gasteiger partial charge < -0.3 is 20.2 Å². The molecule has 1 amide bonds. The quantitative estimate of drug-likeness (QED) is 0.905. The summed E-state index contributed by atoms with van der Waals surface area (Å²) in [6, 6.07) is 7.06. The number of aryl methyl sites for hydroxylation is 1. The van der Waals surface area contributed by atoms with Crippen LogP contribution in [-0.4, -0.2) is 19.1 Å². The maximum absolute atomic E-state index is 12.0. The fourth-order valence-corrected chi connectivity index (χ4v) is 2.56. The van der Waals surface area contributed by atoms with Gasteiger partial charge in [-0.15, -0.1) is 0 Å². The molecule has 1 aromatic heterocycles. The molecule has 1 aliphatic rings. The highest BCUT2D eigenvalue weighted by Gasteiger charge is 2.20. The Hall–Kier alpha value is -2.27.